The summed E-state index contributed by atoms with van der Waals surface area (Å²) in [4.78, 5) is 0. The summed E-state index contributed by atoms with van der Waals surface area (Å²) in [5, 5.41) is 3.60. The number of nitrogens with one attached hydrogen (secondary N) is 1. The summed E-state index contributed by atoms with van der Waals surface area (Å²) in [5.41, 5.74) is -0.0524. The van der Waals surface area contributed by atoms with Crippen molar-refractivity contribution in [3.63, 3.8) is 0 Å². The average molecular weight is 245 g/mol. The van der Waals surface area contributed by atoms with Gasteiger partial charge in [0, 0.05) is 26.9 Å². The fourth-order valence-electron chi connectivity index (χ4n) is 2.70. The lowest BCUT2D eigenvalue weighted by Gasteiger charge is -2.42. The fourth-order valence-corrected chi connectivity index (χ4v) is 2.70. The van der Waals surface area contributed by atoms with Crippen LogP contribution >= 0.6 is 0 Å². The molecule has 0 aliphatic rings. The van der Waals surface area contributed by atoms with Gasteiger partial charge in [-0.2, -0.15) is 0 Å². The van der Waals surface area contributed by atoms with Crippen LogP contribution in [-0.4, -0.2) is 39.0 Å². The van der Waals surface area contributed by atoms with Crippen molar-refractivity contribution in [2.45, 2.75) is 58.6 Å². The fraction of sp³-hybridized carbons (Fsp3) is 1.00. The Morgan fingerprint density at radius 3 is 2.06 bits per heavy atom. The summed E-state index contributed by atoms with van der Waals surface area (Å²) in [7, 11) is 3.60. The summed E-state index contributed by atoms with van der Waals surface area (Å²) in [6, 6.07) is 0.391. The average Bonchev–Trinajstić information content (AvgIpc) is 2.37. The van der Waals surface area contributed by atoms with Gasteiger partial charge in [-0.05, 0) is 31.7 Å². The molecule has 0 bridgehead atoms. The molecule has 17 heavy (non-hydrogen) atoms. The van der Waals surface area contributed by atoms with Gasteiger partial charge >= 0.3 is 0 Å². The number of methoxy groups -OCH3 is 2. The highest BCUT2D eigenvalue weighted by Gasteiger charge is 2.38. The van der Waals surface area contributed by atoms with Crippen LogP contribution in [0.3, 0.4) is 0 Å². The van der Waals surface area contributed by atoms with Crippen LogP contribution in [0, 0.1) is 5.92 Å². The first kappa shape index (κ1) is 16.9. The second kappa shape index (κ2) is 8.90. The Labute approximate surface area is 107 Å². The van der Waals surface area contributed by atoms with E-state index in [-0.39, 0.29) is 5.60 Å². The third kappa shape index (κ3) is 4.57. The lowest BCUT2D eigenvalue weighted by Crippen LogP contribution is -2.55. The zero-order chi connectivity index (χ0) is 13.3. The van der Waals surface area contributed by atoms with Gasteiger partial charge in [0.15, 0.2) is 0 Å². The van der Waals surface area contributed by atoms with E-state index >= 15 is 0 Å². The summed E-state index contributed by atoms with van der Waals surface area (Å²) in [6.45, 7) is 10.7. The zero-order valence-electron chi connectivity index (χ0n) is 12.5. The third-order valence-corrected chi connectivity index (χ3v) is 3.94. The van der Waals surface area contributed by atoms with E-state index in [9.17, 15) is 0 Å². The first-order valence-electron chi connectivity index (χ1n) is 6.89. The van der Waals surface area contributed by atoms with Crippen LogP contribution in [0.15, 0.2) is 0 Å². The molecule has 0 saturated heterocycles. The van der Waals surface area contributed by atoms with Crippen molar-refractivity contribution >= 4 is 0 Å². The molecule has 0 saturated carbocycles. The van der Waals surface area contributed by atoms with E-state index in [0.717, 1.165) is 32.4 Å². The zero-order valence-corrected chi connectivity index (χ0v) is 12.5. The second-order valence-electron chi connectivity index (χ2n) is 4.77. The van der Waals surface area contributed by atoms with Gasteiger partial charge in [0.1, 0.15) is 0 Å². The minimum absolute atomic E-state index is 0.0524. The van der Waals surface area contributed by atoms with Gasteiger partial charge in [0.05, 0.1) is 5.60 Å². The molecule has 2 unspecified atom stereocenters. The number of likely N-dealkylation sites (N-methyl/N-ethyl adjacent to an activating group) is 1. The predicted octanol–water partition coefficient (Wildman–Crippen LogP) is 2.84. The topological polar surface area (TPSA) is 30.5 Å². The maximum atomic E-state index is 5.85. The Kier molecular flexibility index (Phi) is 8.83. The molecule has 0 heterocycles. The Hall–Kier alpha value is -0.120. The molecule has 3 nitrogen and oxygen atoms in total. The molecule has 0 radical (unpaired) electrons. The van der Waals surface area contributed by atoms with E-state index < -0.39 is 0 Å². The van der Waals surface area contributed by atoms with Crippen molar-refractivity contribution in [1.29, 1.82) is 0 Å². The first-order chi connectivity index (χ1) is 8.11. The predicted molar refractivity (Wildman–Crippen MR) is 73.4 cm³/mol. The molecular weight excluding hydrogens is 214 g/mol. The van der Waals surface area contributed by atoms with Crippen molar-refractivity contribution < 1.29 is 9.47 Å². The molecule has 0 aromatic carbocycles. The Morgan fingerprint density at radius 2 is 1.71 bits per heavy atom. The van der Waals surface area contributed by atoms with E-state index in [1.165, 1.54) is 0 Å². The maximum absolute atomic E-state index is 5.85. The minimum atomic E-state index is -0.0524. The first-order valence-corrected chi connectivity index (χ1v) is 6.89. The van der Waals surface area contributed by atoms with Gasteiger partial charge in [-0.3, -0.25) is 0 Å². The summed E-state index contributed by atoms with van der Waals surface area (Å²) in [6.07, 6.45) is 3.14. The van der Waals surface area contributed by atoms with Gasteiger partial charge < -0.3 is 14.8 Å². The van der Waals surface area contributed by atoms with Crippen LogP contribution in [-0.2, 0) is 9.47 Å². The lowest BCUT2D eigenvalue weighted by atomic mass is 9.80. The van der Waals surface area contributed by atoms with E-state index in [2.05, 4.69) is 33.0 Å². The van der Waals surface area contributed by atoms with Crippen molar-refractivity contribution in [3.8, 4) is 0 Å². The van der Waals surface area contributed by atoms with Gasteiger partial charge in [-0.15, -0.1) is 0 Å². The third-order valence-electron chi connectivity index (χ3n) is 3.94. The van der Waals surface area contributed by atoms with Gasteiger partial charge in [0.25, 0.3) is 0 Å². The highest BCUT2D eigenvalue weighted by molar-refractivity contribution is 4.94. The molecule has 0 rings (SSSR count). The van der Waals surface area contributed by atoms with Crippen LogP contribution in [0.1, 0.15) is 47.0 Å². The number of hydrogen-bond acceptors (Lipinski definition) is 3. The van der Waals surface area contributed by atoms with Crippen molar-refractivity contribution in [2.24, 2.45) is 5.92 Å². The molecule has 0 aromatic rings. The molecule has 0 aliphatic carbocycles. The molecule has 3 heteroatoms. The highest BCUT2D eigenvalue weighted by atomic mass is 16.5. The van der Waals surface area contributed by atoms with Crippen molar-refractivity contribution in [2.75, 3.05) is 27.4 Å². The summed E-state index contributed by atoms with van der Waals surface area (Å²) in [5.74, 6) is 0.551. The van der Waals surface area contributed by atoms with E-state index in [1.54, 1.807) is 7.11 Å². The molecule has 0 spiro atoms. The standard InChI is InChI=1S/C14H31NO2/c1-7-14(8-2,17-6)13(15-9-3)12(4)10-11-16-5/h12-13,15H,7-11H2,1-6H3. The molecule has 1 N–H and O–H groups in total. The molecule has 0 aromatic heterocycles. The second-order valence-corrected chi connectivity index (χ2v) is 4.77. The lowest BCUT2D eigenvalue weighted by molar-refractivity contribution is -0.0631. The smallest absolute Gasteiger partial charge is 0.0828 e. The quantitative estimate of drug-likeness (QED) is 0.642. The van der Waals surface area contributed by atoms with Crippen LogP contribution in [0.4, 0.5) is 0 Å². The monoisotopic (exact) mass is 245 g/mol. The number of ether oxygens (including phenoxy) is 2. The SMILES string of the molecule is CCNC(C(C)CCOC)C(CC)(CC)OC. The van der Waals surface area contributed by atoms with Crippen molar-refractivity contribution in [1.82, 2.24) is 5.32 Å². The van der Waals surface area contributed by atoms with Gasteiger partial charge in [0.2, 0.25) is 0 Å². The molecule has 2 atom stereocenters. The summed E-state index contributed by atoms with van der Waals surface area (Å²) < 4.78 is 11.0. The highest BCUT2D eigenvalue weighted by Crippen LogP contribution is 2.30. The van der Waals surface area contributed by atoms with E-state index in [1.807, 2.05) is 7.11 Å². The van der Waals surface area contributed by atoms with Crippen LogP contribution < -0.4 is 5.32 Å². The maximum Gasteiger partial charge on any atom is 0.0828 e. The minimum Gasteiger partial charge on any atom is -0.385 e. The Balaban J connectivity index is 4.77. The van der Waals surface area contributed by atoms with E-state index in [0.29, 0.717) is 12.0 Å². The molecule has 104 valence electrons. The number of hydrogen-bond donors (Lipinski definition) is 1. The molecular formula is C14H31NO2. The molecule has 0 amide bonds. The normalized spacial score (nSPS) is 15.9. The number of rotatable bonds is 10. The van der Waals surface area contributed by atoms with E-state index in [4.69, 9.17) is 9.47 Å². The summed E-state index contributed by atoms with van der Waals surface area (Å²) >= 11 is 0. The Morgan fingerprint density at radius 1 is 1.12 bits per heavy atom. The van der Waals surface area contributed by atoms with Gasteiger partial charge in [-0.1, -0.05) is 27.7 Å². The van der Waals surface area contributed by atoms with Crippen LogP contribution in [0.5, 0.6) is 0 Å². The van der Waals surface area contributed by atoms with Crippen LogP contribution in [0.2, 0.25) is 0 Å². The Bertz CT molecular complexity index is 173. The molecule has 0 aliphatic heterocycles. The molecule has 0 fully saturated rings. The van der Waals surface area contributed by atoms with Crippen molar-refractivity contribution in [3.05, 3.63) is 0 Å². The van der Waals surface area contributed by atoms with Gasteiger partial charge in [-0.25, -0.2) is 0 Å². The van der Waals surface area contributed by atoms with Crippen LogP contribution in [0.25, 0.3) is 0 Å². The largest absolute Gasteiger partial charge is 0.385 e.